The second-order valence-corrected chi connectivity index (χ2v) is 5.50. The summed E-state index contributed by atoms with van der Waals surface area (Å²) in [4.78, 5) is 12.0. The molecule has 0 bridgehead atoms. The molecule has 0 atom stereocenters. The molecule has 2 N–H and O–H groups in total. The van der Waals surface area contributed by atoms with E-state index in [0.717, 1.165) is 31.6 Å². The molecule has 1 aromatic carbocycles. The summed E-state index contributed by atoms with van der Waals surface area (Å²) in [6.07, 6.45) is 4.17. The third-order valence-electron chi connectivity index (χ3n) is 3.39. The van der Waals surface area contributed by atoms with Crippen LogP contribution in [0.15, 0.2) is 18.2 Å². The largest absolute Gasteiger partial charge is 0.459 e. The molecule has 1 aliphatic rings. The molecule has 0 spiro atoms. The number of ether oxygens (including phenoxy) is 1. The van der Waals surface area contributed by atoms with Gasteiger partial charge in [0.2, 0.25) is 0 Å². The minimum absolute atomic E-state index is 0.0360. The second-order valence-electron chi connectivity index (χ2n) is 5.06. The summed E-state index contributed by atoms with van der Waals surface area (Å²) in [5.41, 5.74) is 6.56. The quantitative estimate of drug-likeness (QED) is 0.657. The Labute approximate surface area is 112 Å². The van der Waals surface area contributed by atoms with Gasteiger partial charge in [0, 0.05) is 10.7 Å². The van der Waals surface area contributed by atoms with Crippen LogP contribution < -0.4 is 5.73 Å². The molecule has 4 heteroatoms. The zero-order valence-corrected chi connectivity index (χ0v) is 11.2. The molecule has 0 unspecified atom stereocenters. The average Bonchev–Trinajstić information content (AvgIpc) is 2.31. The summed E-state index contributed by atoms with van der Waals surface area (Å²) in [5, 5.41) is 0.458. The molecular formula is C14H18ClNO2. The van der Waals surface area contributed by atoms with Crippen molar-refractivity contribution in [3.63, 3.8) is 0 Å². The minimum Gasteiger partial charge on any atom is -0.459 e. The number of nitrogen functional groups attached to an aromatic ring is 1. The first-order valence-corrected chi connectivity index (χ1v) is 6.69. The molecule has 1 fully saturated rings. The van der Waals surface area contributed by atoms with E-state index >= 15 is 0 Å². The predicted octanol–water partition coefficient (Wildman–Crippen LogP) is 3.66. The lowest BCUT2D eigenvalue weighted by molar-refractivity contribution is 0.0174. The Bertz CT molecular complexity index is 419. The van der Waals surface area contributed by atoms with Crippen molar-refractivity contribution < 1.29 is 9.53 Å². The summed E-state index contributed by atoms with van der Waals surface area (Å²) in [5.74, 6) is 0.408. The SMILES string of the molecule is CC1CCC(OC(=O)c2cc(N)cc(Cl)c2)CC1. The van der Waals surface area contributed by atoms with E-state index in [1.54, 1.807) is 18.2 Å². The Kier molecular flexibility index (Phi) is 4.12. The van der Waals surface area contributed by atoms with Crippen LogP contribution in [0.1, 0.15) is 43.0 Å². The zero-order chi connectivity index (χ0) is 13.1. The standard InChI is InChI=1S/C14H18ClNO2/c1-9-2-4-13(5-3-9)18-14(17)10-6-11(15)8-12(16)7-10/h6-9,13H,2-5,16H2,1H3. The molecule has 1 saturated carbocycles. The molecular weight excluding hydrogens is 250 g/mol. The van der Waals surface area contributed by atoms with Gasteiger partial charge in [-0.1, -0.05) is 18.5 Å². The fourth-order valence-corrected chi connectivity index (χ4v) is 2.54. The van der Waals surface area contributed by atoms with E-state index < -0.39 is 0 Å². The van der Waals surface area contributed by atoms with E-state index in [-0.39, 0.29) is 12.1 Å². The number of anilines is 1. The Morgan fingerprint density at radius 2 is 1.94 bits per heavy atom. The minimum atomic E-state index is -0.330. The van der Waals surface area contributed by atoms with Gasteiger partial charge in [-0.05, 0) is 49.8 Å². The van der Waals surface area contributed by atoms with Gasteiger partial charge in [-0.2, -0.15) is 0 Å². The van der Waals surface area contributed by atoms with Crippen LogP contribution in [0.5, 0.6) is 0 Å². The van der Waals surface area contributed by atoms with Crippen molar-refractivity contribution in [2.45, 2.75) is 38.7 Å². The topological polar surface area (TPSA) is 52.3 Å². The smallest absolute Gasteiger partial charge is 0.338 e. The number of hydrogen-bond acceptors (Lipinski definition) is 3. The number of rotatable bonds is 2. The van der Waals surface area contributed by atoms with Crippen LogP contribution in [-0.4, -0.2) is 12.1 Å². The highest BCUT2D eigenvalue weighted by Crippen LogP contribution is 2.26. The van der Waals surface area contributed by atoms with Gasteiger partial charge in [-0.15, -0.1) is 0 Å². The fraction of sp³-hybridized carbons (Fsp3) is 0.500. The third kappa shape index (κ3) is 3.39. The number of carbonyl (C=O) groups is 1. The van der Waals surface area contributed by atoms with E-state index in [0.29, 0.717) is 16.3 Å². The van der Waals surface area contributed by atoms with Crippen LogP contribution in [0.2, 0.25) is 5.02 Å². The molecule has 3 nitrogen and oxygen atoms in total. The van der Waals surface area contributed by atoms with E-state index in [1.807, 2.05) is 0 Å². The number of hydrogen-bond donors (Lipinski definition) is 1. The van der Waals surface area contributed by atoms with E-state index in [9.17, 15) is 4.79 Å². The van der Waals surface area contributed by atoms with Crippen LogP contribution in [-0.2, 0) is 4.74 Å². The fourth-order valence-electron chi connectivity index (χ4n) is 2.30. The van der Waals surface area contributed by atoms with Crippen molar-refractivity contribution in [1.29, 1.82) is 0 Å². The molecule has 0 amide bonds. The first-order chi connectivity index (χ1) is 8.54. The van der Waals surface area contributed by atoms with E-state index in [1.165, 1.54) is 0 Å². The number of halogens is 1. The van der Waals surface area contributed by atoms with Crippen molar-refractivity contribution in [1.82, 2.24) is 0 Å². The van der Waals surface area contributed by atoms with Gasteiger partial charge in [0.1, 0.15) is 6.10 Å². The van der Waals surface area contributed by atoms with Crippen molar-refractivity contribution in [2.24, 2.45) is 5.92 Å². The van der Waals surface area contributed by atoms with Gasteiger partial charge in [0.15, 0.2) is 0 Å². The first kappa shape index (κ1) is 13.2. The lowest BCUT2D eigenvalue weighted by Crippen LogP contribution is -2.23. The summed E-state index contributed by atoms with van der Waals surface area (Å²) < 4.78 is 5.48. The molecule has 0 radical (unpaired) electrons. The van der Waals surface area contributed by atoms with Crippen LogP contribution >= 0.6 is 11.6 Å². The van der Waals surface area contributed by atoms with Gasteiger partial charge in [-0.3, -0.25) is 0 Å². The summed E-state index contributed by atoms with van der Waals surface area (Å²) >= 11 is 5.87. The number of nitrogens with two attached hydrogens (primary N) is 1. The molecule has 0 aromatic heterocycles. The molecule has 1 aromatic rings. The average molecular weight is 268 g/mol. The highest BCUT2D eigenvalue weighted by atomic mass is 35.5. The number of benzene rings is 1. The monoisotopic (exact) mass is 267 g/mol. The Morgan fingerprint density at radius 1 is 1.28 bits per heavy atom. The number of esters is 1. The third-order valence-corrected chi connectivity index (χ3v) is 3.61. The molecule has 0 aliphatic heterocycles. The van der Waals surface area contributed by atoms with Crippen LogP contribution in [0.4, 0.5) is 5.69 Å². The highest BCUT2D eigenvalue weighted by molar-refractivity contribution is 6.31. The molecule has 2 rings (SSSR count). The lowest BCUT2D eigenvalue weighted by Gasteiger charge is -2.26. The van der Waals surface area contributed by atoms with Gasteiger partial charge in [0.05, 0.1) is 5.56 Å². The zero-order valence-electron chi connectivity index (χ0n) is 10.5. The molecule has 98 valence electrons. The first-order valence-electron chi connectivity index (χ1n) is 6.31. The van der Waals surface area contributed by atoms with Gasteiger partial charge in [0.25, 0.3) is 0 Å². The summed E-state index contributed by atoms with van der Waals surface area (Å²) in [7, 11) is 0. The predicted molar refractivity (Wildman–Crippen MR) is 72.7 cm³/mol. The molecule has 1 aliphatic carbocycles. The Hall–Kier alpha value is -1.22. The summed E-state index contributed by atoms with van der Waals surface area (Å²) in [6, 6.07) is 4.80. The van der Waals surface area contributed by atoms with Crippen LogP contribution in [0, 0.1) is 5.92 Å². The van der Waals surface area contributed by atoms with Crippen molar-refractivity contribution in [3.8, 4) is 0 Å². The van der Waals surface area contributed by atoms with Crippen molar-refractivity contribution in [2.75, 3.05) is 5.73 Å². The molecule has 0 saturated heterocycles. The van der Waals surface area contributed by atoms with E-state index in [2.05, 4.69) is 6.92 Å². The maximum absolute atomic E-state index is 12.0. The maximum atomic E-state index is 12.0. The highest BCUT2D eigenvalue weighted by Gasteiger charge is 2.22. The van der Waals surface area contributed by atoms with Crippen LogP contribution in [0.25, 0.3) is 0 Å². The summed E-state index contributed by atoms with van der Waals surface area (Å²) in [6.45, 7) is 2.23. The Balaban J connectivity index is 1.99. The van der Waals surface area contributed by atoms with Crippen molar-refractivity contribution >= 4 is 23.3 Å². The normalized spacial score (nSPS) is 23.7. The van der Waals surface area contributed by atoms with Gasteiger partial charge < -0.3 is 10.5 Å². The molecule has 18 heavy (non-hydrogen) atoms. The number of carbonyl (C=O) groups excluding carboxylic acids is 1. The van der Waals surface area contributed by atoms with Gasteiger partial charge >= 0.3 is 5.97 Å². The second kappa shape index (κ2) is 5.61. The Morgan fingerprint density at radius 3 is 2.56 bits per heavy atom. The van der Waals surface area contributed by atoms with E-state index in [4.69, 9.17) is 22.1 Å². The van der Waals surface area contributed by atoms with Crippen molar-refractivity contribution in [3.05, 3.63) is 28.8 Å². The van der Waals surface area contributed by atoms with Crippen LogP contribution in [0.3, 0.4) is 0 Å². The maximum Gasteiger partial charge on any atom is 0.338 e. The van der Waals surface area contributed by atoms with Gasteiger partial charge in [-0.25, -0.2) is 4.79 Å². The molecule has 0 heterocycles. The lowest BCUT2D eigenvalue weighted by atomic mass is 9.89.